The summed E-state index contributed by atoms with van der Waals surface area (Å²) in [5, 5.41) is 0. The van der Waals surface area contributed by atoms with Crippen LogP contribution in [0.2, 0.25) is 0 Å². The molecule has 1 saturated heterocycles. The monoisotopic (exact) mass is 537 g/mol. The van der Waals surface area contributed by atoms with E-state index in [9.17, 15) is 9.59 Å². The molecule has 0 atom stereocenters. The van der Waals surface area contributed by atoms with Crippen LogP contribution in [0.15, 0.2) is 45.3 Å². The van der Waals surface area contributed by atoms with Crippen molar-refractivity contribution in [2.24, 2.45) is 5.92 Å². The summed E-state index contributed by atoms with van der Waals surface area (Å²) in [5.41, 5.74) is 2.46. The summed E-state index contributed by atoms with van der Waals surface area (Å²) in [4.78, 5) is 26.2. The Morgan fingerprint density at radius 1 is 1.07 bits per heavy atom. The third kappa shape index (κ3) is 6.08. The topological polar surface area (TPSA) is 55.8 Å². The molecule has 2 aromatic carbocycles. The molecule has 160 valence electrons. The van der Waals surface area contributed by atoms with Crippen molar-refractivity contribution < 1.29 is 19.1 Å². The normalized spacial score (nSPS) is 14.5. The van der Waals surface area contributed by atoms with Crippen molar-refractivity contribution >= 4 is 43.7 Å². The van der Waals surface area contributed by atoms with Gasteiger partial charge in [0.25, 0.3) is 5.91 Å². The Hall–Kier alpha value is -1.86. The first kappa shape index (κ1) is 22.8. The lowest BCUT2D eigenvalue weighted by Gasteiger charge is -2.30. The zero-order valence-electron chi connectivity index (χ0n) is 17.1. The minimum Gasteiger partial charge on any atom is -0.487 e. The van der Waals surface area contributed by atoms with Crippen molar-refractivity contribution in [2.45, 2.75) is 33.3 Å². The molecular formula is C23H25Br2NO4. The largest absolute Gasteiger partial charge is 0.487 e. The molecule has 1 amide bonds. The summed E-state index contributed by atoms with van der Waals surface area (Å²) in [6, 6.07) is 11.0. The number of rotatable bonds is 6. The van der Waals surface area contributed by atoms with Crippen LogP contribution in [0.1, 0.15) is 41.3 Å². The molecule has 7 heteroatoms. The average Bonchev–Trinajstić information content (AvgIpc) is 2.72. The molecule has 1 fully saturated rings. The number of halogens is 2. The fourth-order valence-electron chi connectivity index (χ4n) is 3.28. The molecule has 0 spiro atoms. The number of benzene rings is 2. The Labute approximate surface area is 194 Å². The molecule has 0 aromatic heterocycles. The summed E-state index contributed by atoms with van der Waals surface area (Å²) in [6.45, 7) is 5.82. The van der Waals surface area contributed by atoms with Gasteiger partial charge in [-0.05, 0) is 92.9 Å². The van der Waals surface area contributed by atoms with Crippen LogP contribution in [0.5, 0.6) is 5.75 Å². The summed E-state index contributed by atoms with van der Waals surface area (Å²) < 4.78 is 12.9. The number of likely N-dealkylation sites (tertiary alicyclic amines) is 1. The summed E-state index contributed by atoms with van der Waals surface area (Å²) in [6.07, 6.45) is 2.00. The van der Waals surface area contributed by atoms with E-state index in [4.69, 9.17) is 9.47 Å². The van der Waals surface area contributed by atoms with E-state index in [0.29, 0.717) is 18.1 Å². The second-order valence-electron chi connectivity index (χ2n) is 7.68. The van der Waals surface area contributed by atoms with Gasteiger partial charge in [0.05, 0.1) is 14.5 Å². The molecule has 3 rings (SSSR count). The quantitative estimate of drug-likeness (QED) is 0.455. The van der Waals surface area contributed by atoms with Gasteiger partial charge in [0.1, 0.15) is 12.4 Å². The average molecular weight is 539 g/mol. The number of aryl methyl sites for hydroxylation is 1. The number of hydrogen-bond acceptors (Lipinski definition) is 4. The Balaban J connectivity index is 1.50. The first-order chi connectivity index (χ1) is 14.3. The number of carbonyl (C=O) groups is 2. The number of amides is 1. The number of esters is 1. The maximum atomic E-state index is 12.3. The van der Waals surface area contributed by atoms with Gasteiger partial charge in [-0.1, -0.05) is 19.1 Å². The highest BCUT2D eigenvalue weighted by atomic mass is 79.9. The highest BCUT2D eigenvalue weighted by molar-refractivity contribution is 9.11. The smallest absolute Gasteiger partial charge is 0.338 e. The zero-order valence-corrected chi connectivity index (χ0v) is 20.3. The van der Waals surface area contributed by atoms with E-state index in [1.54, 1.807) is 17.0 Å². The number of carbonyl (C=O) groups excluding carboxylic acids is 2. The van der Waals surface area contributed by atoms with Crippen molar-refractivity contribution in [3.63, 3.8) is 0 Å². The van der Waals surface area contributed by atoms with Gasteiger partial charge in [-0.25, -0.2) is 4.79 Å². The molecular weight excluding hydrogens is 514 g/mol. The van der Waals surface area contributed by atoms with Crippen molar-refractivity contribution in [2.75, 3.05) is 19.7 Å². The molecule has 0 bridgehead atoms. The zero-order chi connectivity index (χ0) is 21.7. The number of nitrogens with zero attached hydrogens (tertiary/aromatic N) is 1. The molecule has 0 radical (unpaired) electrons. The van der Waals surface area contributed by atoms with Crippen LogP contribution >= 0.6 is 31.9 Å². The summed E-state index contributed by atoms with van der Waals surface area (Å²) >= 11 is 7.03. The van der Waals surface area contributed by atoms with Crippen LogP contribution in [0, 0.1) is 12.8 Å². The van der Waals surface area contributed by atoms with E-state index in [1.807, 2.05) is 31.2 Å². The van der Waals surface area contributed by atoms with Crippen molar-refractivity contribution in [3.05, 3.63) is 62.0 Å². The van der Waals surface area contributed by atoms with Crippen LogP contribution in [0.25, 0.3) is 0 Å². The molecule has 1 heterocycles. The minimum atomic E-state index is -0.495. The lowest BCUT2D eigenvalue weighted by Crippen LogP contribution is -2.40. The van der Waals surface area contributed by atoms with E-state index in [1.165, 1.54) is 0 Å². The van der Waals surface area contributed by atoms with E-state index in [-0.39, 0.29) is 12.5 Å². The highest BCUT2D eigenvalue weighted by Crippen LogP contribution is 2.35. The van der Waals surface area contributed by atoms with Gasteiger partial charge in [0.15, 0.2) is 6.61 Å². The number of ether oxygens (including phenoxy) is 2. The molecule has 5 nitrogen and oxygen atoms in total. The Bertz CT molecular complexity index is 883. The van der Waals surface area contributed by atoms with Gasteiger partial charge in [-0.2, -0.15) is 0 Å². The molecule has 0 saturated carbocycles. The van der Waals surface area contributed by atoms with Gasteiger partial charge in [-0.15, -0.1) is 0 Å². The molecule has 2 aromatic rings. The van der Waals surface area contributed by atoms with E-state index in [2.05, 4.69) is 38.8 Å². The summed E-state index contributed by atoms with van der Waals surface area (Å²) in [5.74, 6) is 0.752. The Kier molecular flexibility index (Phi) is 7.94. The first-order valence-electron chi connectivity index (χ1n) is 9.95. The van der Waals surface area contributed by atoms with Crippen LogP contribution in [-0.4, -0.2) is 36.5 Å². The maximum absolute atomic E-state index is 12.3. The lowest BCUT2D eigenvalue weighted by atomic mass is 9.99. The highest BCUT2D eigenvalue weighted by Gasteiger charge is 2.21. The third-order valence-electron chi connectivity index (χ3n) is 5.18. The second-order valence-corrected chi connectivity index (χ2v) is 9.39. The molecule has 0 aliphatic carbocycles. The maximum Gasteiger partial charge on any atom is 0.338 e. The third-order valence-corrected chi connectivity index (χ3v) is 6.36. The fourth-order valence-corrected chi connectivity index (χ4v) is 4.92. The second kappa shape index (κ2) is 10.4. The van der Waals surface area contributed by atoms with E-state index < -0.39 is 5.97 Å². The standard InChI is InChI=1S/C23H25Br2NO4/c1-15-7-9-26(10-8-15)21(27)14-30-23(28)18-5-3-17(4-6-18)13-29-22-19(24)11-16(2)12-20(22)25/h3-6,11-12,15H,7-10,13-14H2,1-2H3. The van der Waals surface area contributed by atoms with Crippen molar-refractivity contribution in [1.82, 2.24) is 4.90 Å². The van der Waals surface area contributed by atoms with Crippen LogP contribution in [0.4, 0.5) is 0 Å². The molecule has 1 aliphatic heterocycles. The summed E-state index contributed by atoms with van der Waals surface area (Å²) in [7, 11) is 0. The predicted octanol–water partition coefficient (Wildman–Crippen LogP) is 5.51. The number of piperidine rings is 1. The van der Waals surface area contributed by atoms with Gasteiger partial charge in [-0.3, -0.25) is 4.79 Å². The molecule has 30 heavy (non-hydrogen) atoms. The Morgan fingerprint density at radius 2 is 1.67 bits per heavy atom. The van der Waals surface area contributed by atoms with Gasteiger partial charge < -0.3 is 14.4 Å². The van der Waals surface area contributed by atoms with Crippen molar-refractivity contribution in [3.8, 4) is 5.75 Å². The van der Waals surface area contributed by atoms with Crippen LogP contribution in [0.3, 0.4) is 0 Å². The van der Waals surface area contributed by atoms with Crippen LogP contribution < -0.4 is 4.74 Å². The van der Waals surface area contributed by atoms with E-state index >= 15 is 0 Å². The van der Waals surface area contributed by atoms with E-state index in [0.717, 1.165) is 51.8 Å². The Morgan fingerprint density at radius 3 is 2.27 bits per heavy atom. The van der Waals surface area contributed by atoms with Gasteiger partial charge in [0.2, 0.25) is 0 Å². The van der Waals surface area contributed by atoms with Crippen molar-refractivity contribution in [1.29, 1.82) is 0 Å². The van der Waals surface area contributed by atoms with Gasteiger partial charge in [0, 0.05) is 13.1 Å². The predicted molar refractivity (Wildman–Crippen MR) is 123 cm³/mol. The lowest BCUT2D eigenvalue weighted by molar-refractivity contribution is -0.135. The SMILES string of the molecule is Cc1cc(Br)c(OCc2ccc(C(=O)OCC(=O)N3CCC(C)CC3)cc2)c(Br)c1. The molecule has 0 unspecified atom stereocenters. The first-order valence-corrected chi connectivity index (χ1v) is 11.5. The van der Waals surface area contributed by atoms with Gasteiger partial charge >= 0.3 is 5.97 Å². The fraction of sp³-hybridized carbons (Fsp3) is 0.391. The molecule has 1 aliphatic rings. The minimum absolute atomic E-state index is 0.130. The number of hydrogen-bond donors (Lipinski definition) is 0. The van der Waals surface area contributed by atoms with Crippen LogP contribution in [-0.2, 0) is 16.1 Å². The molecule has 0 N–H and O–H groups in total.